The van der Waals surface area contributed by atoms with Crippen LogP contribution in [0.15, 0.2) is 48.5 Å². The first-order chi connectivity index (χ1) is 29.3. The zero-order valence-electron chi connectivity index (χ0n) is 35.3. The molecular weight excluding hydrogens is 783 g/mol. The van der Waals surface area contributed by atoms with E-state index in [1.807, 2.05) is 26.5 Å². The number of likely N-dealkylation sites (tertiary alicyclic amines) is 6. The number of amides is 4. The fourth-order valence-electron chi connectivity index (χ4n) is 10.8. The van der Waals surface area contributed by atoms with Crippen LogP contribution in [0.5, 0.6) is 0 Å². The Kier molecular flexibility index (Phi) is 13.4. The van der Waals surface area contributed by atoms with Gasteiger partial charge >= 0.3 is 0 Å². The van der Waals surface area contributed by atoms with Gasteiger partial charge in [-0.25, -0.2) is 8.78 Å². The van der Waals surface area contributed by atoms with E-state index >= 15 is 0 Å². The summed E-state index contributed by atoms with van der Waals surface area (Å²) < 4.78 is 26.7. The third-order valence-corrected chi connectivity index (χ3v) is 13.6. The first-order valence-corrected chi connectivity index (χ1v) is 21.8. The Morgan fingerprint density at radius 1 is 0.721 bits per heavy atom. The largest absolute Gasteiger partial charge is 0.330 e. The van der Waals surface area contributed by atoms with Crippen LogP contribution in [0.3, 0.4) is 0 Å². The maximum absolute atomic E-state index is 13.4. The highest BCUT2D eigenvalue weighted by molar-refractivity contribution is 5.88. The minimum atomic E-state index is -0.743. The summed E-state index contributed by atoms with van der Waals surface area (Å²) in [6.45, 7) is 9.29. The van der Waals surface area contributed by atoms with Gasteiger partial charge in [-0.2, -0.15) is 10.5 Å². The number of hydrogen-bond acceptors (Lipinski definition) is 10. The highest BCUT2D eigenvalue weighted by Crippen LogP contribution is 2.42. The Hall–Kier alpha value is -5.00. The fraction of sp³-hybridized carbons (Fsp3) is 0.600. The van der Waals surface area contributed by atoms with Gasteiger partial charge in [0.1, 0.15) is 23.7 Å². The van der Waals surface area contributed by atoms with Crippen LogP contribution >= 0.6 is 0 Å². The fourth-order valence-corrected chi connectivity index (χ4v) is 10.8. The van der Waals surface area contributed by atoms with Crippen LogP contribution in [0.25, 0.3) is 0 Å². The van der Waals surface area contributed by atoms with E-state index in [0.29, 0.717) is 58.5 Å². The lowest BCUT2D eigenvalue weighted by Gasteiger charge is -2.41. The van der Waals surface area contributed by atoms with Crippen molar-refractivity contribution in [3.63, 3.8) is 0 Å². The molecule has 8 rings (SSSR count). The third kappa shape index (κ3) is 8.73. The van der Waals surface area contributed by atoms with Crippen LogP contribution in [-0.2, 0) is 19.2 Å². The lowest BCUT2D eigenvalue weighted by atomic mass is 9.93. The van der Waals surface area contributed by atoms with Crippen molar-refractivity contribution in [1.29, 1.82) is 10.5 Å². The lowest BCUT2D eigenvalue weighted by Crippen LogP contribution is -2.57. The summed E-state index contributed by atoms with van der Waals surface area (Å²) in [5, 5.41) is 18.5. The number of hydrogen-bond donors (Lipinski definition) is 2. The standard InChI is InChI=1S/C23H30FN5O2.C22H28FN5O2/c1-14(2)21(15-5-7-16(24)8-6-15)29-18-10-20(23(29)31)27(12-18)13-19(26)22(30)28-9-3-4-17(28)11-25;1-2-19(14-5-7-15(23)8-6-14)28-17-10-20(22(28)30)26(12-17)13-18(25)21(29)27-9-3-4-16(27)11-24/h5-8,14,17-21H,3-4,9-10,12-13,26H2,1-2H3;5-8,16-20H,2-4,9-10,12-13,25H2,1H3/t17-,18-,19-,20-,21+;16-,17-,18-,19+,20-/m00/s1. The molecule has 4 bridgehead atoms. The molecule has 61 heavy (non-hydrogen) atoms. The van der Waals surface area contributed by atoms with Gasteiger partial charge in [0.15, 0.2) is 0 Å². The number of carbonyl (C=O) groups excluding carboxylic acids is 4. The summed E-state index contributed by atoms with van der Waals surface area (Å²) >= 11 is 0. The summed E-state index contributed by atoms with van der Waals surface area (Å²) in [5.74, 6) is -0.699. The predicted molar refractivity (Wildman–Crippen MR) is 221 cm³/mol. The molecule has 0 saturated carbocycles. The van der Waals surface area contributed by atoms with Crippen molar-refractivity contribution in [3.05, 3.63) is 71.3 Å². The van der Waals surface area contributed by atoms with Crippen LogP contribution in [-0.4, -0.2) is 141 Å². The number of nitriles is 2. The van der Waals surface area contributed by atoms with Crippen molar-refractivity contribution in [2.45, 2.75) is 126 Å². The van der Waals surface area contributed by atoms with Crippen LogP contribution < -0.4 is 11.5 Å². The second-order valence-corrected chi connectivity index (χ2v) is 17.8. The first kappa shape index (κ1) is 44.1. The molecule has 2 aromatic rings. The maximum Gasteiger partial charge on any atom is 0.241 e. The summed E-state index contributed by atoms with van der Waals surface area (Å²) in [4.78, 5) is 63.0. The predicted octanol–water partition coefficient (Wildman–Crippen LogP) is 3.05. The van der Waals surface area contributed by atoms with E-state index in [-0.39, 0.29) is 77.4 Å². The van der Waals surface area contributed by atoms with Gasteiger partial charge in [-0.15, -0.1) is 0 Å². The SMILES string of the molecule is CC(C)[C@H](c1ccc(F)cc1)N1C(=O)[C@@H]2C[C@H]1CN2C[C@H](N)C(=O)N1CCC[C@H]1C#N.CC[C@H](c1ccc(F)cc1)N1C(=O)[C@@H]2C[C@H]1CN2C[C@H](N)C(=O)N1CCC[C@H]1C#N. The van der Waals surface area contributed by atoms with Crippen molar-refractivity contribution in [3.8, 4) is 12.1 Å². The van der Waals surface area contributed by atoms with Crippen molar-refractivity contribution in [2.75, 3.05) is 39.3 Å². The molecule has 10 atom stereocenters. The molecule has 6 heterocycles. The lowest BCUT2D eigenvalue weighted by molar-refractivity contribution is -0.142. The zero-order valence-corrected chi connectivity index (χ0v) is 35.3. The van der Waals surface area contributed by atoms with Gasteiger partial charge in [0.25, 0.3) is 0 Å². The molecule has 2 aromatic carbocycles. The van der Waals surface area contributed by atoms with Crippen molar-refractivity contribution >= 4 is 23.6 Å². The summed E-state index contributed by atoms with van der Waals surface area (Å²) in [6, 6.07) is 14.2. The molecule has 0 unspecified atom stereocenters. The first-order valence-electron chi connectivity index (χ1n) is 21.8. The summed E-state index contributed by atoms with van der Waals surface area (Å²) in [7, 11) is 0. The Labute approximate surface area is 357 Å². The molecule has 0 aromatic heterocycles. The van der Waals surface area contributed by atoms with E-state index in [0.717, 1.165) is 36.8 Å². The zero-order chi connectivity index (χ0) is 43.7. The van der Waals surface area contributed by atoms with Crippen molar-refractivity contribution < 1.29 is 28.0 Å². The van der Waals surface area contributed by atoms with E-state index in [4.69, 9.17) is 11.5 Å². The second kappa shape index (κ2) is 18.5. The molecule has 14 nitrogen and oxygen atoms in total. The maximum atomic E-state index is 13.4. The number of carbonyl (C=O) groups is 4. The Bertz CT molecular complexity index is 2020. The van der Waals surface area contributed by atoms with E-state index in [2.05, 4.69) is 26.0 Å². The van der Waals surface area contributed by atoms with E-state index in [1.165, 1.54) is 24.3 Å². The Morgan fingerprint density at radius 3 is 1.54 bits per heavy atom. The van der Waals surface area contributed by atoms with Gasteiger partial charge in [0, 0.05) is 51.4 Å². The number of benzene rings is 2. The number of fused-ring (bicyclic) bond motifs is 4. The molecule has 4 amide bonds. The molecule has 6 fully saturated rings. The van der Waals surface area contributed by atoms with Crippen molar-refractivity contribution in [2.24, 2.45) is 17.4 Å². The molecule has 6 aliphatic heterocycles. The quantitative estimate of drug-likeness (QED) is 0.322. The Balaban J connectivity index is 0.000000184. The molecule has 6 saturated heterocycles. The highest BCUT2D eigenvalue weighted by atomic mass is 19.1. The summed E-state index contributed by atoms with van der Waals surface area (Å²) in [5.41, 5.74) is 14.3. The van der Waals surface area contributed by atoms with Gasteiger partial charge in [-0.3, -0.25) is 29.0 Å². The Morgan fingerprint density at radius 2 is 1.15 bits per heavy atom. The summed E-state index contributed by atoms with van der Waals surface area (Å²) in [6.07, 6.45) is 5.22. The van der Waals surface area contributed by atoms with Crippen molar-refractivity contribution in [1.82, 2.24) is 29.4 Å². The minimum absolute atomic E-state index is 0.0509. The van der Waals surface area contributed by atoms with Gasteiger partial charge in [0.2, 0.25) is 23.6 Å². The normalized spacial score (nSPS) is 27.9. The molecule has 326 valence electrons. The number of piperazine rings is 2. The monoisotopic (exact) mass is 840 g/mol. The number of halogens is 2. The van der Waals surface area contributed by atoms with E-state index in [1.54, 1.807) is 34.1 Å². The van der Waals surface area contributed by atoms with Crippen LogP contribution in [0.1, 0.15) is 88.9 Å². The van der Waals surface area contributed by atoms with Gasteiger partial charge in [-0.05, 0) is 86.3 Å². The molecule has 16 heteroatoms. The van der Waals surface area contributed by atoms with Gasteiger partial charge in [0.05, 0.1) is 48.4 Å². The topological polar surface area (TPSA) is 187 Å². The molecular formula is C45H58F2N10O4. The van der Waals surface area contributed by atoms with Gasteiger partial charge in [-0.1, -0.05) is 45.0 Å². The van der Waals surface area contributed by atoms with Crippen LogP contribution in [0.2, 0.25) is 0 Å². The molecule has 6 aliphatic rings. The molecule has 0 radical (unpaired) electrons. The third-order valence-electron chi connectivity index (χ3n) is 13.6. The second-order valence-electron chi connectivity index (χ2n) is 17.8. The van der Waals surface area contributed by atoms with E-state index in [9.17, 15) is 38.5 Å². The number of nitrogens with zero attached hydrogens (tertiary/aromatic N) is 8. The van der Waals surface area contributed by atoms with Crippen LogP contribution in [0, 0.1) is 40.2 Å². The van der Waals surface area contributed by atoms with Crippen LogP contribution in [0.4, 0.5) is 8.78 Å². The smallest absolute Gasteiger partial charge is 0.241 e. The highest BCUT2D eigenvalue weighted by Gasteiger charge is 2.54. The minimum Gasteiger partial charge on any atom is -0.330 e. The molecule has 0 spiro atoms. The van der Waals surface area contributed by atoms with E-state index < -0.39 is 24.2 Å². The number of rotatable bonds is 12. The van der Waals surface area contributed by atoms with Gasteiger partial charge < -0.3 is 31.1 Å². The average molecular weight is 841 g/mol. The molecule has 0 aliphatic carbocycles. The average Bonchev–Trinajstić information content (AvgIpc) is 4.12. The molecule has 4 N–H and O–H groups in total. The number of nitrogens with two attached hydrogens (primary N) is 2.